The molecule has 2 heterocycles. The molecule has 0 fully saturated rings. The number of pyridine rings is 1. The third-order valence-electron chi connectivity index (χ3n) is 3.54. The van der Waals surface area contributed by atoms with E-state index in [1.807, 2.05) is 17.8 Å². The van der Waals surface area contributed by atoms with Crippen molar-refractivity contribution >= 4 is 11.9 Å². The Morgan fingerprint density at radius 2 is 2.00 bits per heavy atom. The number of methoxy groups -OCH3 is 2. The number of hydrogen-bond donors (Lipinski definition) is 0. The van der Waals surface area contributed by atoms with Gasteiger partial charge in [0.05, 0.1) is 44.7 Å². The number of carbonyl (C=O) groups is 2. The van der Waals surface area contributed by atoms with Gasteiger partial charge in [0.15, 0.2) is 0 Å². The van der Waals surface area contributed by atoms with Gasteiger partial charge >= 0.3 is 11.9 Å². The van der Waals surface area contributed by atoms with Crippen LogP contribution in [0.1, 0.15) is 28.5 Å². The van der Waals surface area contributed by atoms with Crippen LogP contribution in [-0.2, 0) is 33.7 Å². The summed E-state index contributed by atoms with van der Waals surface area (Å²) in [5.41, 5.74) is 1.53. The van der Waals surface area contributed by atoms with E-state index in [1.54, 1.807) is 12.3 Å². The monoisotopic (exact) mass is 347 g/mol. The molecule has 2 aromatic heterocycles. The van der Waals surface area contributed by atoms with Gasteiger partial charge in [-0.1, -0.05) is 0 Å². The number of ether oxygens (including phenoxy) is 3. The molecule has 0 bridgehead atoms. The predicted octanol–water partition coefficient (Wildman–Crippen LogP) is 1.42. The van der Waals surface area contributed by atoms with Crippen molar-refractivity contribution in [3.63, 3.8) is 0 Å². The van der Waals surface area contributed by atoms with Crippen LogP contribution in [0.25, 0.3) is 0 Å². The molecule has 0 saturated heterocycles. The van der Waals surface area contributed by atoms with Crippen LogP contribution in [0.3, 0.4) is 0 Å². The first-order chi connectivity index (χ1) is 12.1. The Hall–Kier alpha value is -2.90. The Morgan fingerprint density at radius 3 is 2.64 bits per heavy atom. The molecular formula is C17H21N3O5. The van der Waals surface area contributed by atoms with Crippen molar-refractivity contribution in [3.05, 3.63) is 41.3 Å². The topological polar surface area (TPSA) is 92.5 Å². The minimum Gasteiger partial charge on any atom is -0.477 e. The van der Waals surface area contributed by atoms with E-state index in [2.05, 4.69) is 14.8 Å². The highest BCUT2D eigenvalue weighted by atomic mass is 16.5. The first-order valence-electron chi connectivity index (χ1n) is 7.86. The summed E-state index contributed by atoms with van der Waals surface area (Å²) < 4.78 is 16.8. The van der Waals surface area contributed by atoms with Gasteiger partial charge in [0.2, 0.25) is 5.88 Å². The Balaban J connectivity index is 2.05. The maximum atomic E-state index is 11.8. The molecule has 0 atom stereocenters. The number of nitrogens with zero attached hydrogens (tertiary/aromatic N) is 3. The fraction of sp³-hybridized carbons (Fsp3) is 0.412. The quantitative estimate of drug-likeness (QED) is 0.667. The maximum absolute atomic E-state index is 11.8. The number of rotatable bonds is 8. The van der Waals surface area contributed by atoms with E-state index >= 15 is 0 Å². The lowest BCUT2D eigenvalue weighted by Crippen LogP contribution is -2.14. The molecule has 0 aromatic carbocycles. The summed E-state index contributed by atoms with van der Waals surface area (Å²) >= 11 is 0. The van der Waals surface area contributed by atoms with E-state index in [0.29, 0.717) is 18.9 Å². The van der Waals surface area contributed by atoms with Gasteiger partial charge in [-0.2, -0.15) is 5.10 Å². The molecule has 2 rings (SSSR count). The van der Waals surface area contributed by atoms with Crippen molar-refractivity contribution in [2.45, 2.75) is 26.3 Å². The molecule has 0 amide bonds. The number of carbonyl (C=O) groups excluding carboxylic acids is 2. The number of hydrogen-bond acceptors (Lipinski definition) is 7. The zero-order valence-electron chi connectivity index (χ0n) is 14.5. The standard InChI is InChI=1S/C17H21N3O5/c1-4-20-11-12(10-18-20)7-8-25-15-6-5-13(17(22)24-3)14(19-15)9-16(21)23-2/h5-6,10-11H,4,7-9H2,1-3H3. The third kappa shape index (κ3) is 5.03. The summed E-state index contributed by atoms with van der Waals surface area (Å²) in [6.45, 7) is 3.23. The smallest absolute Gasteiger partial charge is 0.339 e. The van der Waals surface area contributed by atoms with Crippen LogP contribution in [0.2, 0.25) is 0 Å². The molecule has 0 spiro atoms. The Kier molecular flexibility index (Phi) is 6.50. The van der Waals surface area contributed by atoms with Gasteiger partial charge in [0.25, 0.3) is 0 Å². The minimum absolute atomic E-state index is 0.137. The zero-order valence-corrected chi connectivity index (χ0v) is 14.5. The van der Waals surface area contributed by atoms with Gasteiger partial charge in [-0.25, -0.2) is 9.78 Å². The van der Waals surface area contributed by atoms with Crippen LogP contribution in [-0.4, -0.2) is 47.5 Å². The van der Waals surface area contributed by atoms with Crippen LogP contribution < -0.4 is 4.74 Å². The fourth-order valence-electron chi connectivity index (χ4n) is 2.18. The molecule has 0 unspecified atom stereocenters. The maximum Gasteiger partial charge on any atom is 0.339 e. The van der Waals surface area contributed by atoms with E-state index in [1.165, 1.54) is 20.3 Å². The first kappa shape index (κ1) is 18.4. The van der Waals surface area contributed by atoms with Crippen molar-refractivity contribution in [1.29, 1.82) is 0 Å². The largest absolute Gasteiger partial charge is 0.477 e. The predicted molar refractivity (Wildman–Crippen MR) is 88.4 cm³/mol. The normalized spacial score (nSPS) is 10.4. The summed E-state index contributed by atoms with van der Waals surface area (Å²) in [7, 11) is 2.54. The van der Waals surface area contributed by atoms with Gasteiger partial charge in [-0.3, -0.25) is 9.48 Å². The van der Waals surface area contributed by atoms with E-state index in [4.69, 9.17) is 9.47 Å². The summed E-state index contributed by atoms with van der Waals surface area (Å²) in [6.07, 6.45) is 4.29. The lowest BCUT2D eigenvalue weighted by atomic mass is 10.1. The molecule has 2 aromatic rings. The molecule has 0 radical (unpaired) electrons. The number of esters is 2. The molecule has 8 nitrogen and oxygen atoms in total. The van der Waals surface area contributed by atoms with Crippen molar-refractivity contribution in [2.24, 2.45) is 0 Å². The molecule has 0 aliphatic rings. The van der Waals surface area contributed by atoms with E-state index in [-0.39, 0.29) is 17.7 Å². The van der Waals surface area contributed by atoms with Crippen LogP contribution in [0.4, 0.5) is 0 Å². The van der Waals surface area contributed by atoms with Crippen LogP contribution >= 0.6 is 0 Å². The van der Waals surface area contributed by atoms with Crippen LogP contribution in [0.15, 0.2) is 24.5 Å². The lowest BCUT2D eigenvalue weighted by molar-refractivity contribution is -0.139. The van der Waals surface area contributed by atoms with Gasteiger partial charge in [-0.15, -0.1) is 0 Å². The molecule has 0 aliphatic carbocycles. The van der Waals surface area contributed by atoms with Crippen molar-refractivity contribution in [1.82, 2.24) is 14.8 Å². The highest BCUT2D eigenvalue weighted by Gasteiger charge is 2.17. The summed E-state index contributed by atoms with van der Waals surface area (Å²) in [5.74, 6) is -0.735. The SMILES string of the molecule is CCn1cc(CCOc2ccc(C(=O)OC)c(CC(=O)OC)n2)cn1. The Labute approximate surface area is 145 Å². The number of aryl methyl sites for hydroxylation is 1. The van der Waals surface area contributed by atoms with Crippen molar-refractivity contribution in [2.75, 3.05) is 20.8 Å². The third-order valence-corrected chi connectivity index (χ3v) is 3.54. The Morgan fingerprint density at radius 1 is 1.20 bits per heavy atom. The average Bonchev–Trinajstić information content (AvgIpc) is 3.09. The number of aromatic nitrogens is 3. The van der Waals surface area contributed by atoms with Crippen LogP contribution in [0.5, 0.6) is 5.88 Å². The summed E-state index contributed by atoms with van der Waals surface area (Å²) in [4.78, 5) is 27.5. The second-order valence-corrected chi connectivity index (χ2v) is 5.19. The second kappa shape index (κ2) is 8.81. The lowest BCUT2D eigenvalue weighted by Gasteiger charge is -2.10. The highest BCUT2D eigenvalue weighted by Crippen LogP contribution is 2.16. The first-order valence-corrected chi connectivity index (χ1v) is 7.86. The molecule has 25 heavy (non-hydrogen) atoms. The average molecular weight is 347 g/mol. The minimum atomic E-state index is -0.565. The fourth-order valence-corrected chi connectivity index (χ4v) is 2.18. The van der Waals surface area contributed by atoms with E-state index < -0.39 is 11.9 Å². The van der Waals surface area contributed by atoms with Gasteiger partial charge in [0.1, 0.15) is 0 Å². The van der Waals surface area contributed by atoms with E-state index in [9.17, 15) is 9.59 Å². The summed E-state index contributed by atoms with van der Waals surface area (Å²) in [5, 5.41) is 4.20. The molecule has 0 N–H and O–H groups in total. The second-order valence-electron chi connectivity index (χ2n) is 5.19. The van der Waals surface area contributed by atoms with Crippen molar-refractivity contribution < 1.29 is 23.8 Å². The molecule has 8 heteroatoms. The van der Waals surface area contributed by atoms with E-state index in [0.717, 1.165) is 12.1 Å². The van der Waals surface area contributed by atoms with Gasteiger partial charge in [0, 0.05) is 25.2 Å². The van der Waals surface area contributed by atoms with Gasteiger partial charge < -0.3 is 14.2 Å². The van der Waals surface area contributed by atoms with Gasteiger partial charge in [-0.05, 0) is 18.6 Å². The van der Waals surface area contributed by atoms with Crippen molar-refractivity contribution in [3.8, 4) is 5.88 Å². The Bertz CT molecular complexity index is 742. The van der Waals surface area contributed by atoms with Crippen LogP contribution in [0, 0.1) is 0 Å². The zero-order chi connectivity index (χ0) is 18.2. The highest BCUT2D eigenvalue weighted by molar-refractivity contribution is 5.91. The molecule has 0 saturated carbocycles. The summed E-state index contributed by atoms with van der Waals surface area (Å²) in [6, 6.07) is 3.10. The molecule has 134 valence electrons. The molecule has 0 aliphatic heterocycles. The molecular weight excluding hydrogens is 326 g/mol.